The minimum absolute atomic E-state index is 0.0159. The van der Waals surface area contributed by atoms with Gasteiger partial charge in [0.1, 0.15) is 0 Å². The van der Waals surface area contributed by atoms with Crippen LogP contribution in [0.5, 0.6) is 0 Å². The van der Waals surface area contributed by atoms with Crippen molar-refractivity contribution in [3.05, 3.63) is 101 Å². The van der Waals surface area contributed by atoms with E-state index in [0.717, 1.165) is 22.4 Å². The molecule has 0 spiro atoms. The average molecular weight is 355 g/mol. The van der Waals surface area contributed by atoms with Crippen molar-refractivity contribution in [3.8, 4) is 0 Å². The van der Waals surface area contributed by atoms with Crippen LogP contribution in [0.1, 0.15) is 33.5 Å². The van der Waals surface area contributed by atoms with Gasteiger partial charge in [0, 0.05) is 17.7 Å². The van der Waals surface area contributed by atoms with E-state index in [2.05, 4.69) is 5.32 Å². The third-order valence-corrected chi connectivity index (χ3v) is 5.31. The first kappa shape index (κ1) is 17.2. The molecule has 0 aliphatic carbocycles. The molecule has 134 valence electrons. The molecule has 1 heterocycles. The summed E-state index contributed by atoms with van der Waals surface area (Å²) in [6.07, 6.45) is 0.641. The number of nitrogens with one attached hydrogen (secondary N) is 1. The molecule has 1 aliphatic rings. The second-order valence-corrected chi connectivity index (χ2v) is 7.21. The summed E-state index contributed by atoms with van der Waals surface area (Å²) in [5.74, 6) is -0.120. The van der Waals surface area contributed by atoms with Gasteiger partial charge in [-0.15, -0.1) is 0 Å². The Bertz CT molecular complexity index is 992. The van der Waals surface area contributed by atoms with Crippen LogP contribution >= 0.6 is 0 Å². The molecule has 3 nitrogen and oxygen atoms in total. The molecule has 1 amide bonds. The predicted molar refractivity (Wildman–Crippen MR) is 107 cm³/mol. The van der Waals surface area contributed by atoms with E-state index in [1.807, 2.05) is 85.8 Å². The van der Waals surface area contributed by atoms with Gasteiger partial charge in [-0.25, -0.2) is 0 Å². The lowest BCUT2D eigenvalue weighted by Gasteiger charge is -2.27. The third-order valence-electron chi connectivity index (χ3n) is 5.31. The van der Waals surface area contributed by atoms with Gasteiger partial charge in [0.25, 0.3) is 0 Å². The Kier molecular flexibility index (Phi) is 4.36. The fourth-order valence-electron chi connectivity index (χ4n) is 3.85. The molecule has 3 heteroatoms. The molecule has 27 heavy (non-hydrogen) atoms. The molecule has 0 fully saturated rings. The fourth-order valence-corrected chi connectivity index (χ4v) is 3.85. The van der Waals surface area contributed by atoms with Crippen LogP contribution in [0.3, 0.4) is 0 Å². The van der Waals surface area contributed by atoms with Crippen LogP contribution in [-0.4, -0.2) is 11.7 Å². The molecule has 1 aliphatic heterocycles. The summed E-state index contributed by atoms with van der Waals surface area (Å²) in [5, 5.41) is 2.98. The van der Waals surface area contributed by atoms with E-state index in [9.17, 15) is 9.59 Å². The highest BCUT2D eigenvalue weighted by Gasteiger charge is 2.48. The third kappa shape index (κ3) is 3.17. The molecule has 0 unspecified atom stereocenters. The highest BCUT2D eigenvalue weighted by atomic mass is 16.2. The van der Waals surface area contributed by atoms with Crippen molar-refractivity contribution in [3.63, 3.8) is 0 Å². The molecule has 3 aromatic carbocycles. The molecule has 0 saturated heterocycles. The zero-order chi connectivity index (χ0) is 18.9. The topological polar surface area (TPSA) is 46.2 Å². The number of hydrogen-bond acceptors (Lipinski definition) is 2. The van der Waals surface area contributed by atoms with Crippen molar-refractivity contribution in [2.75, 3.05) is 5.32 Å². The monoisotopic (exact) mass is 355 g/mol. The number of aryl methyl sites for hydroxylation is 1. The Morgan fingerprint density at radius 3 is 2.30 bits per heavy atom. The van der Waals surface area contributed by atoms with Crippen molar-refractivity contribution in [1.29, 1.82) is 0 Å². The molecule has 0 saturated carbocycles. The molecule has 3 aromatic rings. The summed E-state index contributed by atoms with van der Waals surface area (Å²) in [6, 6.07) is 25.1. The Morgan fingerprint density at radius 2 is 1.56 bits per heavy atom. The molecule has 0 bridgehead atoms. The van der Waals surface area contributed by atoms with Crippen LogP contribution in [0.4, 0.5) is 5.69 Å². The first-order valence-corrected chi connectivity index (χ1v) is 9.13. The van der Waals surface area contributed by atoms with Crippen molar-refractivity contribution >= 4 is 17.4 Å². The SMILES string of the molecule is Cc1ccc(C(=O)C[C@]2(Cc3ccccc3)C(=O)Nc3ccccc32)cc1. The maximum absolute atomic E-state index is 13.1. The van der Waals surface area contributed by atoms with Crippen LogP contribution < -0.4 is 5.32 Å². The fraction of sp³-hybridized carbons (Fsp3) is 0.167. The summed E-state index contributed by atoms with van der Waals surface area (Å²) in [7, 11) is 0. The first-order valence-electron chi connectivity index (χ1n) is 9.13. The van der Waals surface area contributed by atoms with Gasteiger partial charge >= 0.3 is 0 Å². The van der Waals surface area contributed by atoms with E-state index in [0.29, 0.717) is 12.0 Å². The number of Topliss-reactive ketones (excluding diaryl/α,β-unsaturated/α-hetero) is 1. The van der Waals surface area contributed by atoms with Gasteiger partial charge in [0.15, 0.2) is 5.78 Å². The van der Waals surface area contributed by atoms with E-state index in [1.54, 1.807) is 0 Å². The Labute approximate surface area is 159 Å². The Hall–Kier alpha value is -3.20. The standard InChI is InChI=1S/C24H21NO2/c1-17-11-13-19(14-12-17)22(26)16-24(15-18-7-3-2-4-8-18)20-9-5-6-10-21(20)25-23(24)27/h2-14H,15-16H2,1H3,(H,25,27)/t24-/m0/s1. The Balaban J connectivity index is 1.76. The number of amides is 1. The summed E-state index contributed by atoms with van der Waals surface area (Å²) < 4.78 is 0. The van der Waals surface area contributed by atoms with Crippen molar-refractivity contribution in [2.24, 2.45) is 0 Å². The van der Waals surface area contributed by atoms with Crippen molar-refractivity contribution in [2.45, 2.75) is 25.2 Å². The number of carbonyl (C=O) groups excluding carboxylic acids is 2. The summed E-state index contributed by atoms with van der Waals surface area (Å²) in [4.78, 5) is 26.2. The van der Waals surface area contributed by atoms with Crippen molar-refractivity contribution < 1.29 is 9.59 Å². The van der Waals surface area contributed by atoms with Crippen molar-refractivity contribution in [1.82, 2.24) is 0 Å². The summed E-state index contributed by atoms with van der Waals surface area (Å²) >= 11 is 0. The molecule has 1 atom stereocenters. The minimum Gasteiger partial charge on any atom is -0.325 e. The highest BCUT2D eigenvalue weighted by molar-refractivity contribution is 6.10. The van der Waals surface area contributed by atoms with Crippen LogP contribution in [0.15, 0.2) is 78.9 Å². The molecule has 1 N–H and O–H groups in total. The van der Waals surface area contributed by atoms with E-state index in [-0.39, 0.29) is 18.1 Å². The molecular formula is C24H21NO2. The number of fused-ring (bicyclic) bond motifs is 1. The predicted octanol–water partition coefficient (Wildman–Crippen LogP) is 4.70. The lowest BCUT2D eigenvalue weighted by atomic mass is 9.72. The number of benzene rings is 3. The number of carbonyl (C=O) groups is 2. The van der Waals surface area contributed by atoms with E-state index < -0.39 is 5.41 Å². The van der Waals surface area contributed by atoms with E-state index >= 15 is 0 Å². The van der Waals surface area contributed by atoms with Gasteiger partial charge < -0.3 is 5.32 Å². The number of para-hydroxylation sites is 1. The van der Waals surface area contributed by atoms with Gasteiger partial charge in [-0.05, 0) is 30.5 Å². The van der Waals surface area contributed by atoms with Crippen LogP contribution in [0.25, 0.3) is 0 Å². The highest BCUT2D eigenvalue weighted by Crippen LogP contribution is 2.43. The summed E-state index contributed by atoms with van der Waals surface area (Å²) in [5.41, 5.74) is 3.61. The molecular weight excluding hydrogens is 334 g/mol. The first-order chi connectivity index (χ1) is 13.1. The number of rotatable bonds is 5. The maximum Gasteiger partial charge on any atom is 0.235 e. The number of ketones is 1. The quantitative estimate of drug-likeness (QED) is 0.674. The molecule has 0 aromatic heterocycles. The van der Waals surface area contributed by atoms with Gasteiger partial charge in [-0.1, -0.05) is 78.4 Å². The lowest BCUT2D eigenvalue weighted by Crippen LogP contribution is -2.39. The normalized spacial score (nSPS) is 18.0. The zero-order valence-corrected chi connectivity index (χ0v) is 15.2. The number of hydrogen-bond donors (Lipinski definition) is 1. The average Bonchev–Trinajstić information content (AvgIpc) is 2.95. The van der Waals surface area contributed by atoms with Gasteiger partial charge in [-0.3, -0.25) is 9.59 Å². The second kappa shape index (κ2) is 6.84. The van der Waals surface area contributed by atoms with Crippen LogP contribution in [0, 0.1) is 6.92 Å². The van der Waals surface area contributed by atoms with Gasteiger partial charge in [-0.2, -0.15) is 0 Å². The van der Waals surface area contributed by atoms with Crippen LogP contribution in [-0.2, 0) is 16.6 Å². The van der Waals surface area contributed by atoms with Gasteiger partial charge in [0.05, 0.1) is 5.41 Å². The molecule has 0 radical (unpaired) electrons. The maximum atomic E-state index is 13.1. The van der Waals surface area contributed by atoms with E-state index in [1.165, 1.54) is 0 Å². The zero-order valence-electron chi connectivity index (χ0n) is 15.2. The Morgan fingerprint density at radius 1 is 0.889 bits per heavy atom. The van der Waals surface area contributed by atoms with E-state index in [4.69, 9.17) is 0 Å². The summed E-state index contributed by atoms with van der Waals surface area (Å²) in [6.45, 7) is 1.99. The van der Waals surface area contributed by atoms with Crippen LogP contribution in [0.2, 0.25) is 0 Å². The lowest BCUT2D eigenvalue weighted by molar-refractivity contribution is -0.120. The second-order valence-electron chi connectivity index (χ2n) is 7.21. The van der Waals surface area contributed by atoms with Gasteiger partial charge in [0.2, 0.25) is 5.91 Å². The minimum atomic E-state index is -0.889. The molecule has 4 rings (SSSR count). The number of anilines is 1. The smallest absolute Gasteiger partial charge is 0.235 e. The largest absolute Gasteiger partial charge is 0.325 e.